The Balaban J connectivity index is 1.87. The molecule has 1 unspecified atom stereocenters. The first-order valence-corrected chi connectivity index (χ1v) is 7.33. The predicted octanol–water partition coefficient (Wildman–Crippen LogP) is 2.93. The highest BCUT2D eigenvalue weighted by Crippen LogP contribution is 2.28. The first-order chi connectivity index (χ1) is 9.54. The van der Waals surface area contributed by atoms with E-state index in [1.807, 2.05) is 18.2 Å². The van der Waals surface area contributed by atoms with E-state index in [-0.39, 0.29) is 12.5 Å². The van der Waals surface area contributed by atoms with Gasteiger partial charge in [0.1, 0.15) is 5.75 Å². The summed E-state index contributed by atoms with van der Waals surface area (Å²) < 4.78 is 5.35. The topological polar surface area (TPSA) is 50.4 Å². The Morgan fingerprint density at radius 1 is 1.30 bits per heavy atom. The Morgan fingerprint density at radius 3 is 2.85 bits per heavy atom. The largest absolute Gasteiger partial charge is 0.482 e. The van der Waals surface area contributed by atoms with Crippen LogP contribution < -0.4 is 15.4 Å². The lowest BCUT2D eigenvalue weighted by Gasteiger charge is -2.19. The molecule has 1 aromatic carbocycles. The SMILES string of the molecule is CC(C)CCC(C)NCc1ccc2c(c1)NC(=O)CO2. The molecule has 0 saturated carbocycles. The van der Waals surface area contributed by atoms with E-state index in [0.717, 1.165) is 29.5 Å². The highest BCUT2D eigenvalue weighted by atomic mass is 16.5. The standard InChI is InChI=1S/C16H24N2O2/c1-11(2)4-5-12(3)17-9-13-6-7-15-14(8-13)18-16(19)10-20-15/h6-8,11-12,17H,4-5,9-10H2,1-3H3,(H,18,19). The average molecular weight is 276 g/mol. The Kier molecular flexibility index (Phi) is 5.01. The zero-order chi connectivity index (χ0) is 14.5. The van der Waals surface area contributed by atoms with Crippen LogP contribution in [0.25, 0.3) is 0 Å². The van der Waals surface area contributed by atoms with Gasteiger partial charge in [0.15, 0.2) is 6.61 Å². The zero-order valence-corrected chi connectivity index (χ0v) is 12.5. The molecule has 20 heavy (non-hydrogen) atoms. The second-order valence-corrected chi connectivity index (χ2v) is 5.92. The van der Waals surface area contributed by atoms with E-state index in [9.17, 15) is 4.79 Å². The third-order valence-electron chi connectivity index (χ3n) is 3.51. The fourth-order valence-corrected chi connectivity index (χ4v) is 2.22. The highest BCUT2D eigenvalue weighted by Gasteiger charge is 2.15. The van der Waals surface area contributed by atoms with Crippen LogP contribution in [0.3, 0.4) is 0 Å². The number of carbonyl (C=O) groups excluding carboxylic acids is 1. The fourth-order valence-electron chi connectivity index (χ4n) is 2.22. The molecule has 0 spiro atoms. The van der Waals surface area contributed by atoms with Crippen LogP contribution in [0.5, 0.6) is 5.75 Å². The van der Waals surface area contributed by atoms with Crippen LogP contribution in [0, 0.1) is 5.92 Å². The van der Waals surface area contributed by atoms with Crippen molar-refractivity contribution >= 4 is 11.6 Å². The van der Waals surface area contributed by atoms with Crippen molar-refractivity contribution in [3.05, 3.63) is 23.8 Å². The van der Waals surface area contributed by atoms with E-state index in [2.05, 4.69) is 31.4 Å². The van der Waals surface area contributed by atoms with Gasteiger partial charge in [0.05, 0.1) is 5.69 Å². The minimum absolute atomic E-state index is 0.0899. The Bertz CT molecular complexity index is 472. The fraction of sp³-hybridized carbons (Fsp3) is 0.562. The molecule has 1 aromatic rings. The van der Waals surface area contributed by atoms with Gasteiger partial charge in [-0.05, 0) is 43.4 Å². The number of anilines is 1. The maximum absolute atomic E-state index is 11.3. The molecule has 1 atom stereocenters. The van der Waals surface area contributed by atoms with Crippen LogP contribution in [0.2, 0.25) is 0 Å². The van der Waals surface area contributed by atoms with E-state index in [1.165, 1.54) is 12.8 Å². The van der Waals surface area contributed by atoms with E-state index < -0.39 is 0 Å². The molecule has 4 heteroatoms. The molecule has 0 saturated heterocycles. The molecule has 1 amide bonds. The molecule has 1 aliphatic rings. The van der Waals surface area contributed by atoms with E-state index in [4.69, 9.17) is 4.74 Å². The van der Waals surface area contributed by atoms with Crippen LogP contribution in [0.4, 0.5) is 5.69 Å². The van der Waals surface area contributed by atoms with E-state index in [0.29, 0.717) is 6.04 Å². The summed E-state index contributed by atoms with van der Waals surface area (Å²) >= 11 is 0. The smallest absolute Gasteiger partial charge is 0.262 e. The Hall–Kier alpha value is -1.55. The maximum Gasteiger partial charge on any atom is 0.262 e. The predicted molar refractivity (Wildman–Crippen MR) is 80.9 cm³/mol. The van der Waals surface area contributed by atoms with Crippen molar-refractivity contribution in [2.24, 2.45) is 5.92 Å². The number of fused-ring (bicyclic) bond motifs is 1. The number of carbonyl (C=O) groups is 1. The molecule has 1 heterocycles. The van der Waals surface area contributed by atoms with Gasteiger partial charge in [-0.3, -0.25) is 4.79 Å². The molecule has 0 radical (unpaired) electrons. The molecule has 110 valence electrons. The lowest BCUT2D eigenvalue weighted by Crippen LogP contribution is -2.27. The molecule has 2 rings (SSSR count). The number of nitrogens with one attached hydrogen (secondary N) is 2. The molecule has 4 nitrogen and oxygen atoms in total. The number of hydrogen-bond donors (Lipinski definition) is 2. The van der Waals surface area contributed by atoms with Gasteiger partial charge < -0.3 is 15.4 Å². The van der Waals surface area contributed by atoms with Gasteiger partial charge in [-0.25, -0.2) is 0 Å². The summed E-state index contributed by atoms with van der Waals surface area (Å²) in [5.41, 5.74) is 1.93. The minimum Gasteiger partial charge on any atom is -0.482 e. The summed E-state index contributed by atoms with van der Waals surface area (Å²) in [4.78, 5) is 11.3. The lowest BCUT2D eigenvalue weighted by atomic mass is 10.0. The number of rotatable bonds is 6. The van der Waals surface area contributed by atoms with Crippen molar-refractivity contribution in [1.82, 2.24) is 5.32 Å². The summed E-state index contributed by atoms with van der Waals surface area (Å²) in [5, 5.41) is 6.36. The van der Waals surface area contributed by atoms with E-state index >= 15 is 0 Å². The molecule has 2 N–H and O–H groups in total. The summed E-state index contributed by atoms with van der Waals surface area (Å²) in [5.74, 6) is 1.41. The first kappa shape index (κ1) is 14.9. The molecule has 0 aliphatic carbocycles. The second kappa shape index (κ2) is 6.75. The van der Waals surface area contributed by atoms with Crippen molar-refractivity contribution in [2.45, 2.75) is 46.2 Å². The zero-order valence-electron chi connectivity index (χ0n) is 12.5. The van der Waals surface area contributed by atoms with Gasteiger partial charge in [-0.2, -0.15) is 0 Å². The number of benzene rings is 1. The monoisotopic (exact) mass is 276 g/mol. The molecule has 0 aromatic heterocycles. The van der Waals surface area contributed by atoms with Crippen molar-refractivity contribution in [3.63, 3.8) is 0 Å². The number of hydrogen-bond acceptors (Lipinski definition) is 3. The lowest BCUT2D eigenvalue weighted by molar-refractivity contribution is -0.118. The summed E-state index contributed by atoms with van der Waals surface area (Å²) in [7, 11) is 0. The van der Waals surface area contributed by atoms with Crippen LogP contribution in [0.1, 0.15) is 39.2 Å². The van der Waals surface area contributed by atoms with Gasteiger partial charge in [0.25, 0.3) is 5.91 Å². The van der Waals surface area contributed by atoms with Gasteiger partial charge in [0.2, 0.25) is 0 Å². The van der Waals surface area contributed by atoms with Crippen LogP contribution in [-0.4, -0.2) is 18.6 Å². The van der Waals surface area contributed by atoms with Crippen LogP contribution >= 0.6 is 0 Å². The van der Waals surface area contributed by atoms with Crippen molar-refractivity contribution in [2.75, 3.05) is 11.9 Å². The van der Waals surface area contributed by atoms with Crippen molar-refractivity contribution < 1.29 is 9.53 Å². The van der Waals surface area contributed by atoms with Gasteiger partial charge in [0, 0.05) is 12.6 Å². The third-order valence-corrected chi connectivity index (χ3v) is 3.51. The summed E-state index contributed by atoms with van der Waals surface area (Å²) in [6.45, 7) is 7.63. The third kappa shape index (κ3) is 4.23. The van der Waals surface area contributed by atoms with Crippen LogP contribution in [0.15, 0.2) is 18.2 Å². The molecule has 1 aliphatic heterocycles. The van der Waals surface area contributed by atoms with Crippen LogP contribution in [-0.2, 0) is 11.3 Å². The quantitative estimate of drug-likeness (QED) is 0.840. The van der Waals surface area contributed by atoms with Crippen molar-refractivity contribution in [1.29, 1.82) is 0 Å². The van der Waals surface area contributed by atoms with E-state index in [1.54, 1.807) is 0 Å². The van der Waals surface area contributed by atoms with Gasteiger partial charge in [-0.1, -0.05) is 19.9 Å². The summed E-state index contributed by atoms with van der Waals surface area (Å²) in [6.07, 6.45) is 2.42. The Labute approximate surface area is 120 Å². The second-order valence-electron chi connectivity index (χ2n) is 5.92. The van der Waals surface area contributed by atoms with Gasteiger partial charge in [-0.15, -0.1) is 0 Å². The molecular formula is C16H24N2O2. The molecule has 0 fully saturated rings. The Morgan fingerprint density at radius 2 is 2.10 bits per heavy atom. The van der Waals surface area contributed by atoms with Crippen molar-refractivity contribution in [3.8, 4) is 5.75 Å². The first-order valence-electron chi connectivity index (χ1n) is 7.33. The highest BCUT2D eigenvalue weighted by molar-refractivity contribution is 5.95. The van der Waals surface area contributed by atoms with Gasteiger partial charge >= 0.3 is 0 Å². The normalized spacial score (nSPS) is 15.5. The molecular weight excluding hydrogens is 252 g/mol. The maximum atomic E-state index is 11.3. The summed E-state index contributed by atoms with van der Waals surface area (Å²) in [6, 6.07) is 6.44. The number of amides is 1. The minimum atomic E-state index is -0.0899. The average Bonchev–Trinajstić information content (AvgIpc) is 2.42. The molecule has 0 bridgehead atoms. The number of ether oxygens (including phenoxy) is 1.